The third-order valence-corrected chi connectivity index (χ3v) is 2.64. The molecule has 0 aliphatic rings. The third kappa shape index (κ3) is 1.65. The molecule has 15 heavy (non-hydrogen) atoms. The number of nitrogens with zero attached hydrogens (tertiary/aromatic N) is 1. The monoisotopic (exact) mass is 318 g/mol. The molecule has 0 unspecified atom stereocenters. The van der Waals surface area contributed by atoms with Crippen LogP contribution in [0.4, 0.5) is 0 Å². The Balaban J connectivity index is 2.83. The minimum Gasteiger partial charge on any atom is -0.496 e. The fourth-order valence-corrected chi connectivity index (χ4v) is 2.00. The maximum absolute atomic E-state index is 10.9. The average molecular weight is 318 g/mol. The van der Waals surface area contributed by atoms with E-state index >= 15 is 0 Å². The molecule has 0 aliphatic heterocycles. The van der Waals surface area contributed by atoms with Crippen molar-refractivity contribution in [2.45, 2.75) is 0 Å². The van der Waals surface area contributed by atoms with Crippen LogP contribution in [0.25, 0.3) is 10.9 Å². The molecular formula is C9H7IN2O3. The number of nitrogens with one attached hydrogen (secondary N) is 1. The Hall–Kier alpha value is -1.31. The number of aromatic nitrogens is 2. The first kappa shape index (κ1) is 10.2. The Labute approximate surface area is 98.6 Å². The molecule has 2 N–H and O–H groups in total. The maximum atomic E-state index is 10.9. The van der Waals surface area contributed by atoms with Crippen molar-refractivity contribution in [2.75, 3.05) is 7.11 Å². The van der Waals surface area contributed by atoms with Gasteiger partial charge in [0, 0.05) is 3.57 Å². The van der Waals surface area contributed by atoms with Crippen molar-refractivity contribution < 1.29 is 14.6 Å². The lowest BCUT2D eigenvalue weighted by atomic mass is 10.2. The van der Waals surface area contributed by atoms with E-state index in [-0.39, 0.29) is 5.69 Å². The molecule has 1 aromatic heterocycles. The first-order valence-corrected chi connectivity index (χ1v) is 5.16. The minimum absolute atomic E-state index is 0.0155. The van der Waals surface area contributed by atoms with E-state index in [0.717, 1.165) is 3.57 Å². The molecule has 0 radical (unpaired) electrons. The van der Waals surface area contributed by atoms with Gasteiger partial charge < -0.3 is 9.84 Å². The second-order valence-corrected chi connectivity index (χ2v) is 4.15. The van der Waals surface area contributed by atoms with Gasteiger partial charge in [-0.2, -0.15) is 5.10 Å². The van der Waals surface area contributed by atoms with Crippen LogP contribution in [0.1, 0.15) is 10.5 Å². The SMILES string of the molecule is COc1cc(I)cc2[nH]nc(C(=O)O)c12. The quantitative estimate of drug-likeness (QED) is 0.829. The molecule has 6 heteroatoms. The normalized spacial score (nSPS) is 10.5. The highest BCUT2D eigenvalue weighted by molar-refractivity contribution is 14.1. The Morgan fingerprint density at radius 2 is 2.33 bits per heavy atom. The van der Waals surface area contributed by atoms with Gasteiger partial charge in [-0.05, 0) is 34.7 Å². The number of benzene rings is 1. The molecule has 0 amide bonds. The topological polar surface area (TPSA) is 75.2 Å². The summed E-state index contributed by atoms with van der Waals surface area (Å²) < 4.78 is 6.09. The van der Waals surface area contributed by atoms with Crippen LogP contribution in [0.5, 0.6) is 5.75 Å². The Bertz CT molecular complexity index is 535. The van der Waals surface area contributed by atoms with Gasteiger partial charge in [-0.15, -0.1) is 0 Å². The molecule has 0 fully saturated rings. The Kier molecular flexibility index (Phi) is 2.51. The van der Waals surface area contributed by atoms with Gasteiger partial charge in [-0.3, -0.25) is 5.10 Å². The van der Waals surface area contributed by atoms with Crippen LogP contribution < -0.4 is 4.74 Å². The number of carboxylic acid groups (broad SMARTS) is 1. The second kappa shape index (κ2) is 3.69. The number of hydrogen-bond donors (Lipinski definition) is 2. The van der Waals surface area contributed by atoms with Gasteiger partial charge in [0.15, 0.2) is 5.69 Å². The molecule has 78 valence electrons. The summed E-state index contributed by atoms with van der Waals surface area (Å²) in [5.74, 6) is -0.552. The smallest absolute Gasteiger partial charge is 0.357 e. The molecule has 0 aliphatic carbocycles. The average Bonchev–Trinajstić information content (AvgIpc) is 2.59. The number of hydrogen-bond acceptors (Lipinski definition) is 3. The molecule has 0 bridgehead atoms. The number of aromatic carboxylic acids is 1. The summed E-state index contributed by atoms with van der Waals surface area (Å²) >= 11 is 2.13. The zero-order valence-corrected chi connectivity index (χ0v) is 9.90. The number of rotatable bonds is 2. The first-order chi connectivity index (χ1) is 7.13. The second-order valence-electron chi connectivity index (χ2n) is 2.91. The van der Waals surface area contributed by atoms with Crippen LogP contribution in [-0.4, -0.2) is 28.4 Å². The molecule has 5 nitrogen and oxygen atoms in total. The lowest BCUT2D eigenvalue weighted by Crippen LogP contribution is -1.98. The largest absolute Gasteiger partial charge is 0.496 e. The van der Waals surface area contributed by atoms with Crippen LogP contribution in [0.3, 0.4) is 0 Å². The van der Waals surface area contributed by atoms with Crippen LogP contribution in [0.2, 0.25) is 0 Å². The van der Waals surface area contributed by atoms with Crippen LogP contribution >= 0.6 is 22.6 Å². The Morgan fingerprint density at radius 1 is 1.60 bits per heavy atom. The molecule has 0 saturated heterocycles. The summed E-state index contributed by atoms with van der Waals surface area (Å²) in [6.07, 6.45) is 0. The van der Waals surface area contributed by atoms with Crippen molar-refractivity contribution in [3.05, 3.63) is 21.4 Å². The summed E-state index contributed by atoms with van der Waals surface area (Å²) in [5, 5.41) is 15.8. The van der Waals surface area contributed by atoms with E-state index in [4.69, 9.17) is 9.84 Å². The number of halogens is 1. The molecule has 0 spiro atoms. The van der Waals surface area contributed by atoms with Gasteiger partial charge in [0.1, 0.15) is 5.75 Å². The van der Waals surface area contributed by atoms with Crippen molar-refractivity contribution >= 4 is 39.5 Å². The van der Waals surface area contributed by atoms with Gasteiger partial charge in [0.05, 0.1) is 18.0 Å². The van der Waals surface area contributed by atoms with Gasteiger partial charge in [-0.1, -0.05) is 0 Å². The highest BCUT2D eigenvalue weighted by Crippen LogP contribution is 2.29. The van der Waals surface area contributed by atoms with Crippen molar-refractivity contribution in [3.8, 4) is 5.75 Å². The molecular weight excluding hydrogens is 311 g/mol. The van der Waals surface area contributed by atoms with E-state index in [0.29, 0.717) is 16.7 Å². The van der Waals surface area contributed by atoms with Gasteiger partial charge in [-0.25, -0.2) is 4.79 Å². The summed E-state index contributed by atoms with van der Waals surface area (Å²) in [5.41, 5.74) is 0.648. The van der Waals surface area contributed by atoms with E-state index in [1.54, 1.807) is 6.07 Å². The number of carbonyl (C=O) groups is 1. The summed E-state index contributed by atoms with van der Waals surface area (Å²) in [6, 6.07) is 3.59. The van der Waals surface area contributed by atoms with Gasteiger partial charge >= 0.3 is 5.97 Å². The molecule has 2 aromatic rings. The Morgan fingerprint density at radius 3 is 2.93 bits per heavy atom. The number of ether oxygens (including phenoxy) is 1. The first-order valence-electron chi connectivity index (χ1n) is 4.08. The number of fused-ring (bicyclic) bond motifs is 1. The molecule has 1 aromatic carbocycles. The molecule has 0 saturated carbocycles. The van der Waals surface area contributed by atoms with Crippen LogP contribution in [0.15, 0.2) is 12.1 Å². The van der Waals surface area contributed by atoms with Crippen molar-refractivity contribution in [3.63, 3.8) is 0 Å². The zero-order chi connectivity index (χ0) is 11.0. The van der Waals surface area contributed by atoms with Crippen LogP contribution in [0, 0.1) is 3.57 Å². The van der Waals surface area contributed by atoms with E-state index < -0.39 is 5.97 Å². The summed E-state index contributed by atoms with van der Waals surface area (Å²) in [6.45, 7) is 0. The standard InChI is InChI=1S/C9H7IN2O3/c1-15-6-3-4(10)2-5-7(6)8(9(13)14)12-11-5/h2-3H,1H3,(H,11,12)(H,13,14). The number of carboxylic acids is 1. The van der Waals surface area contributed by atoms with Gasteiger partial charge in [0.25, 0.3) is 0 Å². The third-order valence-electron chi connectivity index (χ3n) is 2.01. The van der Waals surface area contributed by atoms with E-state index in [1.165, 1.54) is 7.11 Å². The molecule has 1 heterocycles. The van der Waals surface area contributed by atoms with Crippen molar-refractivity contribution in [2.24, 2.45) is 0 Å². The predicted molar refractivity (Wildman–Crippen MR) is 62.3 cm³/mol. The molecule has 0 atom stereocenters. The summed E-state index contributed by atoms with van der Waals surface area (Å²) in [7, 11) is 1.50. The van der Waals surface area contributed by atoms with Gasteiger partial charge in [0.2, 0.25) is 0 Å². The van der Waals surface area contributed by atoms with E-state index in [2.05, 4.69) is 32.8 Å². The fourth-order valence-electron chi connectivity index (χ4n) is 1.40. The number of methoxy groups -OCH3 is 1. The lowest BCUT2D eigenvalue weighted by Gasteiger charge is -2.02. The lowest BCUT2D eigenvalue weighted by molar-refractivity contribution is 0.0692. The number of H-pyrrole nitrogens is 1. The van der Waals surface area contributed by atoms with E-state index in [9.17, 15) is 4.79 Å². The van der Waals surface area contributed by atoms with Crippen LogP contribution in [-0.2, 0) is 0 Å². The molecule has 2 rings (SSSR count). The maximum Gasteiger partial charge on any atom is 0.357 e. The predicted octanol–water partition coefficient (Wildman–Crippen LogP) is 1.87. The summed E-state index contributed by atoms with van der Waals surface area (Å²) in [4.78, 5) is 10.9. The highest BCUT2D eigenvalue weighted by Gasteiger charge is 2.17. The van der Waals surface area contributed by atoms with Crippen molar-refractivity contribution in [1.82, 2.24) is 10.2 Å². The number of aromatic amines is 1. The zero-order valence-electron chi connectivity index (χ0n) is 7.74. The van der Waals surface area contributed by atoms with E-state index in [1.807, 2.05) is 6.07 Å². The van der Waals surface area contributed by atoms with Crippen molar-refractivity contribution in [1.29, 1.82) is 0 Å². The minimum atomic E-state index is -1.07. The fraction of sp³-hybridized carbons (Fsp3) is 0.111. The highest BCUT2D eigenvalue weighted by atomic mass is 127.